The summed E-state index contributed by atoms with van der Waals surface area (Å²) < 4.78 is 7.79. The highest BCUT2D eigenvalue weighted by molar-refractivity contribution is 9.10. The number of nitrogens with zero attached hydrogens (tertiary/aromatic N) is 2. The van der Waals surface area contributed by atoms with E-state index in [0.29, 0.717) is 17.1 Å². The second kappa shape index (κ2) is 7.24. The lowest BCUT2D eigenvalue weighted by Gasteiger charge is -2.23. The number of nitrogens with one attached hydrogen (secondary N) is 1. The maximum atomic E-state index is 13.2. The molecule has 1 atom stereocenters. The number of hydrogen-bond acceptors (Lipinski definition) is 4. The molecule has 1 aliphatic heterocycles. The lowest BCUT2D eigenvalue weighted by atomic mass is 9.85. The standard InChI is InChI=1S/C21H18BrN3O3/c1-12-19-17(20(27)13-3-9-16(28-2)10-4-13)11-18(26)23-21(19)25(24-12)15-7-5-14(22)6-8-15/h3-10,17H,11H2,1-2H3,(H,23,26). The van der Waals surface area contributed by atoms with Gasteiger partial charge in [0.25, 0.3) is 0 Å². The number of ether oxygens (including phenoxy) is 1. The van der Waals surface area contributed by atoms with Gasteiger partial charge in [-0.3, -0.25) is 9.59 Å². The molecule has 0 saturated carbocycles. The number of rotatable bonds is 4. The van der Waals surface area contributed by atoms with E-state index < -0.39 is 5.92 Å². The number of aryl methyl sites for hydroxylation is 1. The van der Waals surface area contributed by atoms with Crippen LogP contribution in [0, 0.1) is 6.92 Å². The summed E-state index contributed by atoms with van der Waals surface area (Å²) in [6.07, 6.45) is 0.102. The van der Waals surface area contributed by atoms with Crippen molar-refractivity contribution in [2.24, 2.45) is 0 Å². The Morgan fingerprint density at radius 2 is 1.86 bits per heavy atom. The number of ketones is 1. The number of halogens is 1. The van der Waals surface area contributed by atoms with Crippen molar-refractivity contribution in [1.82, 2.24) is 9.78 Å². The number of carbonyl (C=O) groups excluding carboxylic acids is 2. The number of hydrogen-bond donors (Lipinski definition) is 1. The van der Waals surface area contributed by atoms with Crippen molar-refractivity contribution in [1.29, 1.82) is 0 Å². The summed E-state index contributed by atoms with van der Waals surface area (Å²) in [5.41, 5.74) is 2.85. The van der Waals surface area contributed by atoms with Crippen LogP contribution in [0.25, 0.3) is 5.69 Å². The number of amides is 1. The van der Waals surface area contributed by atoms with E-state index in [0.717, 1.165) is 21.4 Å². The normalized spacial score (nSPS) is 15.7. The Kier molecular flexibility index (Phi) is 4.77. The molecule has 0 spiro atoms. The number of anilines is 1. The Hall–Kier alpha value is -2.93. The van der Waals surface area contributed by atoms with Gasteiger partial charge in [0.1, 0.15) is 11.6 Å². The zero-order valence-electron chi connectivity index (χ0n) is 15.4. The maximum absolute atomic E-state index is 13.2. The fraction of sp³-hybridized carbons (Fsp3) is 0.190. The van der Waals surface area contributed by atoms with Crippen LogP contribution in [0.5, 0.6) is 5.75 Å². The molecule has 28 heavy (non-hydrogen) atoms. The van der Waals surface area contributed by atoms with Gasteiger partial charge in [0.05, 0.1) is 24.4 Å². The van der Waals surface area contributed by atoms with Gasteiger partial charge in [-0.1, -0.05) is 15.9 Å². The van der Waals surface area contributed by atoms with Crippen LogP contribution in [0.4, 0.5) is 5.82 Å². The summed E-state index contributed by atoms with van der Waals surface area (Å²) in [6.45, 7) is 1.86. The average molecular weight is 440 g/mol. The monoisotopic (exact) mass is 439 g/mol. The minimum absolute atomic E-state index is 0.0998. The SMILES string of the molecule is COc1ccc(C(=O)C2CC(=O)Nc3c2c(C)nn3-c2ccc(Br)cc2)cc1. The van der Waals surface area contributed by atoms with E-state index in [9.17, 15) is 9.59 Å². The molecule has 2 heterocycles. The van der Waals surface area contributed by atoms with Crippen molar-refractivity contribution < 1.29 is 14.3 Å². The van der Waals surface area contributed by atoms with Crippen LogP contribution in [0.15, 0.2) is 53.0 Å². The Balaban J connectivity index is 1.77. The number of methoxy groups -OCH3 is 1. The molecule has 3 aromatic rings. The first-order valence-corrected chi connectivity index (χ1v) is 9.61. The Morgan fingerprint density at radius 1 is 1.18 bits per heavy atom. The van der Waals surface area contributed by atoms with Crippen LogP contribution in [0.3, 0.4) is 0 Å². The topological polar surface area (TPSA) is 73.2 Å². The molecule has 0 aliphatic carbocycles. The van der Waals surface area contributed by atoms with Crippen molar-refractivity contribution in [3.63, 3.8) is 0 Å². The number of Topliss-reactive ketones (excluding diaryl/α,β-unsaturated/α-hetero) is 1. The summed E-state index contributed by atoms with van der Waals surface area (Å²) in [5, 5.41) is 7.49. The molecule has 0 radical (unpaired) electrons. The molecule has 1 amide bonds. The van der Waals surface area contributed by atoms with Gasteiger partial charge in [-0.25, -0.2) is 4.68 Å². The molecular weight excluding hydrogens is 422 g/mol. The van der Waals surface area contributed by atoms with Crippen molar-refractivity contribution >= 4 is 33.4 Å². The lowest BCUT2D eigenvalue weighted by Crippen LogP contribution is -2.28. The number of benzene rings is 2. The van der Waals surface area contributed by atoms with Crippen LogP contribution in [0.1, 0.15) is 34.0 Å². The fourth-order valence-corrected chi connectivity index (χ4v) is 3.76. The van der Waals surface area contributed by atoms with E-state index in [-0.39, 0.29) is 18.1 Å². The Bertz CT molecular complexity index is 1060. The molecule has 1 aliphatic rings. The van der Waals surface area contributed by atoms with Crippen LogP contribution in [-0.2, 0) is 4.79 Å². The Morgan fingerprint density at radius 3 is 2.50 bits per heavy atom. The average Bonchev–Trinajstić information content (AvgIpc) is 3.03. The van der Waals surface area contributed by atoms with E-state index in [1.807, 2.05) is 31.2 Å². The summed E-state index contributed by atoms with van der Waals surface area (Å²) in [5.74, 6) is 0.372. The molecule has 7 heteroatoms. The molecule has 4 rings (SSSR count). The third kappa shape index (κ3) is 3.22. The van der Waals surface area contributed by atoms with E-state index in [4.69, 9.17) is 4.74 Å². The van der Waals surface area contributed by atoms with Crippen molar-refractivity contribution in [3.05, 3.63) is 69.8 Å². The Labute approximate surface area is 170 Å². The van der Waals surface area contributed by atoms with Gasteiger partial charge in [-0.05, 0) is 55.5 Å². The number of fused-ring (bicyclic) bond motifs is 1. The van der Waals surface area contributed by atoms with Gasteiger partial charge in [-0.15, -0.1) is 0 Å². The van der Waals surface area contributed by atoms with Gasteiger partial charge in [0, 0.05) is 22.0 Å². The van der Waals surface area contributed by atoms with Crippen LogP contribution < -0.4 is 10.1 Å². The molecule has 0 fully saturated rings. The minimum Gasteiger partial charge on any atom is -0.497 e. The predicted molar refractivity (Wildman–Crippen MR) is 109 cm³/mol. The van der Waals surface area contributed by atoms with E-state index in [1.165, 1.54) is 0 Å². The first kappa shape index (κ1) is 18.4. The van der Waals surface area contributed by atoms with Crippen LogP contribution >= 0.6 is 15.9 Å². The summed E-state index contributed by atoms with van der Waals surface area (Å²) in [6, 6.07) is 14.6. The quantitative estimate of drug-likeness (QED) is 0.616. The second-order valence-electron chi connectivity index (χ2n) is 6.63. The minimum atomic E-state index is -0.568. The molecule has 2 aromatic carbocycles. The van der Waals surface area contributed by atoms with Crippen LogP contribution in [0.2, 0.25) is 0 Å². The highest BCUT2D eigenvalue weighted by Crippen LogP contribution is 2.38. The predicted octanol–water partition coefficient (Wildman–Crippen LogP) is 4.26. The highest BCUT2D eigenvalue weighted by Gasteiger charge is 2.36. The number of aromatic nitrogens is 2. The van der Waals surface area contributed by atoms with Crippen molar-refractivity contribution in [2.75, 3.05) is 12.4 Å². The van der Waals surface area contributed by atoms with Gasteiger partial charge in [0.2, 0.25) is 5.91 Å². The zero-order valence-corrected chi connectivity index (χ0v) is 17.0. The van der Waals surface area contributed by atoms with Gasteiger partial charge < -0.3 is 10.1 Å². The molecule has 1 aromatic heterocycles. The van der Waals surface area contributed by atoms with Crippen molar-refractivity contribution in [2.45, 2.75) is 19.3 Å². The lowest BCUT2D eigenvalue weighted by molar-refractivity contribution is -0.116. The summed E-state index contributed by atoms with van der Waals surface area (Å²) in [7, 11) is 1.58. The second-order valence-corrected chi connectivity index (χ2v) is 7.55. The molecular formula is C21H18BrN3O3. The van der Waals surface area contributed by atoms with Gasteiger partial charge >= 0.3 is 0 Å². The van der Waals surface area contributed by atoms with Crippen molar-refractivity contribution in [3.8, 4) is 11.4 Å². The van der Waals surface area contributed by atoms with Gasteiger partial charge in [-0.2, -0.15) is 5.10 Å². The molecule has 1 N–H and O–H groups in total. The molecule has 6 nitrogen and oxygen atoms in total. The largest absolute Gasteiger partial charge is 0.497 e. The van der Waals surface area contributed by atoms with Gasteiger partial charge in [0.15, 0.2) is 5.78 Å². The highest BCUT2D eigenvalue weighted by atomic mass is 79.9. The third-order valence-electron chi connectivity index (χ3n) is 4.86. The summed E-state index contributed by atoms with van der Waals surface area (Å²) >= 11 is 3.42. The van der Waals surface area contributed by atoms with Crippen LogP contribution in [-0.4, -0.2) is 28.6 Å². The van der Waals surface area contributed by atoms with E-state index >= 15 is 0 Å². The van der Waals surface area contributed by atoms with E-state index in [2.05, 4.69) is 26.3 Å². The molecule has 0 bridgehead atoms. The van der Waals surface area contributed by atoms with E-state index in [1.54, 1.807) is 36.1 Å². The zero-order chi connectivity index (χ0) is 19.8. The number of carbonyl (C=O) groups is 2. The fourth-order valence-electron chi connectivity index (χ4n) is 3.50. The smallest absolute Gasteiger partial charge is 0.226 e. The summed E-state index contributed by atoms with van der Waals surface area (Å²) in [4.78, 5) is 25.6. The molecule has 142 valence electrons. The molecule has 1 unspecified atom stereocenters. The maximum Gasteiger partial charge on any atom is 0.226 e. The molecule has 0 saturated heterocycles. The first-order valence-electron chi connectivity index (χ1n) is 8.81. The first-order chi connectivity index (χ1) is 13.5. The third-order valence-corrected chi connectivity index (χ3v) is 5.39.